The maximum Gasteiger partial charge on any atom is 0.266 e. The van der Waals surface area contributed by atoms with Gasteiger partial charge in [0.1, 0.15) is 5.82 Å². The summed E-state index contributed by atoms with van der Waals surface area (Å²) < 4.78 is 44.3. The first-order chi connectivity index (χ1) is 13.0. The SMILES string of the molecule is Cc1c(F)ncc(F)c1-n1ccc2c(cnn2Cc2ccccc2F)c1=O. The first-order valence-electron chi connectivity index (χ1n) is 8.09. The molecule has 8 heteroatoms. The molecule has 0 aliphatic carbocycles. The quantitative estimate of drug-likeness (QED) is 0.520. The zero-order valence-electron chi connectivity index (χ0n) is 14.2. The highest BCUT2D eigenvalue weighted by Crippen LogP contribution is 2.20. The van der Waals surface area contributed by atoms with E-state index < -0.39 is 17.3 Å². The zero-order valence-corrected chi connectivity index (χ0v) is 14.2. The van der Waals surface area contributed by atoms with Gasteiger partial charge in [0.25, 0.3) is 5.56 Å². The molecule has 0 unspecified atom stereocenters. The molecule has 0 spiro atoms. The number of hydrogen-bond acceptors (Lipinski definition) is 3. The van der Waals surface area contributed by atoms with Crippen molar-refractivity contribution in [3.05, 3.63) is 88.0 Å². The molecule has 4 aromatic rings. The van der Waals surface area contributed by atoms with E-state index in [4.69, 9.17) is 0 Å². The Bertz CT molecular complexity index is 1230. The summed E-state index contributed by atoms with van der Waals surface area (Å²) in [5, 5.41) is 4.36. The van der Waals surface area contributed by atoms with Crippen LogP contribution in [0.25, 0.3) is 16.6 Å². The Morgan fingerprint density at radius 1 is 1.04 bits per heavy atom. The Balaban J connectivity index is 1.85. The molecule has 0 radical (unpaired) electrons. The molecule has 0 saturated carbocycles. The summed E-state index contributed by atoms with van der Waals surface area (Å²) in [6, 6.07) is 7.83. The summed E-state index contributed by atoms with van der Waals surface area (Å²) in [7, 11) is 0. The van der Waals surface area contributed by atoms with Crippen molar-refractivity contribution in [3.8, 4) is 5.69 Å². The van der Waals surface area contributed by atoms with Crippen LogP contribution in [-0.2, 0) is 6.54 Å². The monoisotopic (exact) mass is 370 g/mol. The predicted molar refractivity (Wildman–Crippen MR) is 93.3 cm³/mol. The summed E-state index contributed by atoms with van der Waals surface area (Å²) in [4.78, 5) is 16.1. The number of nitrogens with zero attached hydrogens (tertiary/aromatic N) is 4. The minimum Gasteiger partial charge on any atom is -0.280 e. The largest absolute Gasteiger partial charge is 0.280 e. The van der Waals surface area contributed by atoms with E-state index >= 15 is 0 Å². The summed E-state index contributed by atoms with van der Waals surface area (Å²) in [6.45, 7) is 1.48. The minimum atomic E-state index is -0.853. The van der Waals surface area contributed by atoms with Crippen molar-refractivity contribution >= 4 is 10.9 Å². The van der Waals surface area contributed by atoms with Gasteiger partial charge in [-0.3, -0.25) is 14.0 Å². The average Bonchev–Trinajstić information content (AvgIpc) is 3.06. The molecule has 0 N–H and O–H groups in total. The van der Waals surface area contributed by atoms with E-state index in [1.807, 2.05) is 0 Å². The zero-order chi connectivity index (χ0) is 19.1. The lowest BCUT2D eigenvalue weighted by molar-refractivity contribution is 0.545. The molecule has 0 aliphatic heterocycles. The van der Waals surface area contributed by atoms with Crippen LogP contribution in [0.5, 0.6) is 0 Å². The van der Waals surface area contributed by atoms with Crippen LogP contribution in [0.15, 0.2) is 53.7 Å². The lowest BCUT2D eigenvalue weighted by Gasteiger charge is -2.11. The lowest BCUT2D eigenvalue weighted by atomic mass is 10.2. The number of pyridine rings is 2. The van der Waals surface area contributed by atoms with E-state index in [1.165, 1.54) is 30.1 Å². The topological polar surface area (TPSA) is 52.7 Å². The van der Waals surface area contributed by atoms with Crippen LogP contribution in [0.4, 0.5) is 13.2 Å². The van der Waals surface area contributed by atoms with Gasteiger partial charge in [-0.25, -0.2) is 13.8 Å². The number of halogens is 3. The second-order valence-electron chi connectivity index (χ2n) is 6.05. The standard InChI is InChI=1S/C19H13F3N4O/c1-11-17(15(21)9-23-18(11)22)25-7-6-16-13(19(25)27)8-24-26(16)10-12-4-2-3-5-14(12)20/h2-9H,10H2,1H3. The molecule has 3 heterocycles. The molecule has 0 atom stereocenters. The van der Waals surface area contributed by atoms with E-state index in [0.717, 1.165) is 10.8 Å². The summed E-state index contributed by atoms with van der Waals surface area (Å²) in [5.41, 5.74) is 0.0585. The molecule has 27 heavy (non-hydrogen) atoms. The lowest BCUT2D eigenvalue weighted by Crippen LogP contribution is -2.20. The van der Waals surface area contributed by atoms with Crippen molar-refractivity contribution in [3.63, 3.8) is 0 Å². The normalized spacial score (nSPS) is 11.3. The third kappa shape index (κ3) is 2.79. The van der Waals surface area contributed by atoms with Gasteiger partial charge in [-0.05, 0) is 19.1 Å². The third-order valence-corrected chi connectivity index (χ3v) is 4.41. The van der Waals surface area contributed by atoms with Crippen molar-refractivity contribution in [2.45, 2.75) is 13.5 Å². The van der Waals surface area contributed by atoms with Gasteiger partial charge < -0.3 is 0 Å². The number of aromatic nitrogens is 4. The van der Waals surface area contributed by atoms with Crippen LogP contribution in [-0.4, -0.2) is 19.3 Å². The van der Waals surface area contributed by atoms with Crippen molar-refractivity contribution in [1.29, 1.82) is 0 Å². The molecular weight excluding hydrogens is 357 g/mol. The molecule has 1 aromatic carbocycles. The van der Waals surface area contributed by atoms with Crippen molar-refractivity contribution < 1.29 is 13.2 Å². The fourth-order valence-electron chi connectivity index (χ4n) is 3.01. The van der Waals surface area contributed by atoms with Crippen LogP contribution in [0.2, 0.25) is 0 Å². The number of hydrogen-bond donors (Lipinski definition) is 0. The summed E-state index contributed by atoms with van der Waals surface area (Å²) in [5.74, 6) is -2.04. The molecule has 0 amide bonds. The number of rotatable bonds is 3. The van der Waals surface area contributed by atoms with Gasteiger partial charge in [0.05, 0.1) is 35.5 Å². The second-order valence-corrected chi connectivity index (χ2v) is 6.05. The van der Waals surface area contributed by atoms with E-state index in [9.17, 15) is 18.0 Å². The summed E-state index contributed by atoms with van der Waals surface area (Å²) >= 11 is 0. The fourth-order valence-corrected chi connectivity index (χ4v) is 3.01. The second kappa shape index (κ2) is 6.39. The minimum absolute atomic E-state index is 0.0739. The molecule has 3 aromatic heterocycles. The van der Waals surface area contributed by atoms with E-state index in [0.29, 0.717) is 11.1 Å². The highest BCUT2D eigenvalue weighted by atomic mass is 19.1. The van der Waals surface area contributed by atoms with Crippen molar-refractivity contribution in [2.24, 2.45) is 0 Å². The maximum absolute atomic E-state index is 14.2. The number of fused-ring (bicyclic) bond motifs is 1. The fraction of sp³-hybridized carbons (Fsp3) is 0.105. The van der Waals surface area contributed by atoms with Crippen molar-refractivity contribution in [1.82, 2.24) is 19.3 Å². The predicted octanol–water partition coefficient (Wildman–Crippen LogP) is 3.36. The van der Waals surface area contributed by atoms with Gasteiger partial charge in [-0.15, -0.1) is 0 Å². The Labute approximate surface area is 151 Å². The van der Waals surface area contributed by atoms with Crippen LogP contribution >= 0.6 is 0 Å². The smallest absolute Gasteiger partial charge is 0.266 e. The highest BCUT2D eigenvalue weighted by molar-refractivity contribution is 5.78. The van der Waals surface area contributed by atoms with E-state index in [1.54, 1.807) is 24.3 Å². The van der Waals surface area contributed by atoms with Crippen LogP contribution in [0.1, 0.15) is 11.1 Å². The van der Waals surface area contributed by atoms with Gasteiger partial charge in [0.2, 0.25) is 5.95 Å². The molecule has 0 aliphatic rings. The van der Waals surface area contributed by atoms with Gasteiger partial charge in [-0.1, -0.05) is 18.2 Å². The van der Waals surface area contributed by atoms with Crippen LogP contribution < -0.4 is 5.56 Å². The van der Waals surface area contributed by atoms with E-state index in [2.05, 4.69) is 10.1 Å². The van der Waals surface area contributed by atoms with Crippen LogP contribution in [0.3, 0.4) is 0 Å². The van der Waals surface area contributed by atoms with Crippen LogP contribution in [0, 0.1) is 24.5 Å². The molecule has 0 bridgehead atoms. The highest BCUT2D eigenvalue weighted by Gasteiger charge is 2.17. The van der Waals surface area contributed by atoms with Crippen molar-refractivity contribution in [2.75, 3.05) is 0 Å². The Kier molecular flexibility index (Phi) is 4.02. The van der Waals surface area contributed by atoms with Gasteiger partial charge >= 0.3 is 0 Å². The molecular formula is C19H13F3N4O. The molecule has 4 rings (SSSR count). The Hall–Kier alpha value is -3.42. The third-order valence-electron chi connectivity index (χ3n) is 4.41. The molecule has 0 saturated heterocycles. The maximum atomic E-state index is 14.2. The molecule has 136 valence electrons. The first kappa shape index (κ1) is 17.0. The Morgan fingerprint density at radius 3 is 2.59 bits per heavy atom. The van der Waals surface area contributed by atoms with Gasteiger partial charge in [0, 0.05) is 17.3 Å². The Morgan fingerprint density at radius 2 is 1.81 bits per heavy atom. The van der Waals surface area contributed by atoms with Gasteiger partial charge in [0.15, 0.2) is 5.82 Å². The van der Waals surface area contributed by atoms with E-state index in [-0.39, 0.29) is 29.0 Å². The average molecular weight is 370 g/mol. The molecule has 0 fully saturated rings. The number of benzene rings is 1. The van der Waals surface area contributed by atoms with Gasteiger partial charge in [-0.2, -0.15) is 9.49 Å². The molecule has 5 nitrogen and oxygen atoms in total. The summed E-state index contributed by atoms with van der Waals surface area (Å²) in [6.07, 6.45) is 3.41. The first-order valence-corrected chi connectivity index (χ1v) is 8.09.